The Hall–Kier alpha value is -3.82. The van der Waals surface area contributed by atoms with E-state index in [9.17, 15) is 9.18 Å². The van der Waals surface area contributed by atoms with E-state index < -0.39 is 5.82 Å². The van der Waals surface area contributed by atoms with Crippen LogP contribution in [-0.2, 0) is 9.53 Å². The summed E-state index contributed by atoms with van der Waals surface area (Å²) < 4.78 is 19.3. The Labute approximate surface area is 205 Å². The van der Waals surface area contributed by atoms with E-state index in [1.165, 1.54) is 0 Å². The number of aromatic nitrogens is 2. The average molecular weight is 479 g/mol. The summed E-state index contributed by atoms with van der Waals surface area (Å²) in [7, 11) is 3.63. The van der Waals surface area contributed by atoms with Crippen molar-refractivity contribution in [2.24, 2.45) is 0 Å². The van der Waals surface area contributed by atoms with Gasteiger partial charge in [-0.25, -0.2) is 9.37 Å². The molecule has 9 heteroatoms. The van der Waals surface area contributed by atoms with E-state index in [2.05, 4.69) is 30.8 Å². The van der Waals surface area contributed by atoms with Crippen molar-refractivity contribution in [1.82, 2.24) is 14.9 Å². The van der Waals surface area contributed by atoms with Crippen molar-refractivity contribution in [3.8, 4) is 0 Å². The van der Waals surface area contributed by atoms with E-state index in [1.54, 1.807) is 13.2 Å². The molecule has 0 aliphatic heterocycles. The number of carbonyl (C=O) groups excluding carboxylic acids is 1. The first kappa shape index (κ1) is 25.8. The number of benzene rings is 2. The highest BCUT2D eigenvalue weighted by Gasteiger charge is 2.08. The molecule has 8 nitrogen and oxygen atoms in total. The molecule has 0 aliphatic rings. The standard InChI is InChI=1S/C26H31FN6O2/c1-19-7-4-9-21(15-19)30-25-24(27)18-29-26(32-25)31-22-10-5-8-20(16-22)28-17-23(34)11-6-12-33(2)13-14-35-3/h4-11,15-16,18,28H,12-14,17H2,1-3H3,(H2,29,30,31,32)/b11-6+. The fourth-order valence-electron chi connectivity index (χ4n) is 3.16. The van der Waals surface area contributed by atoms with Gasteiger partial charge in [-0.15, -0.1) is 0 Å². The van der Waals surface area contributed by atoms with Gasteiger partial charge in [0.15, 0.2) is 17.4 Å². The number of halogens is 1. The Morgan fingerprint density at radius 3 is 2.63 bits per heavy atom. The molecule has 0 saturated carbocycles. The molecule has 1 aromatic heterocycles. The molecule has 184 valence electrons. The van der Waals surface area contributed by atoms with Crippen LogP contribution in [-0.4, -0.2) is 61.0 Å². The van der Waals surface area contributed by atoms with Crippen molar-refractivity contribution in [2.75, 3.05) is 56.3 Å². The molecule has 3 aromatic rings. The van der Waals surface area contributed by atoms with E-state index in [0.717, 1.165) is 29.7 Å². The fraction of sp³-hybridized carbons (Fsp3) is 0.269. The predicted molar refractivity (Wildman–Crippen MR) is 138 cm³/mol. The molecule has 0 unspecified atom stereocenters. The van der Waals surface area contributed by atoms with E-state index >= 15 is 0 Å². The molecule has 0 fully saturated rings. The van der Waals surface area contributed by atoms with E-state index in [-0.39, 0.29) is 24.1 Å². The normalized spacial score (nSPS) is 11.1. The Bertz CT molecular complexity index is 1150. The van der Waals surface area contributed by atoms with Crippen LogP contribution in [0.5, 0.6) is 0 Å². The zero-order chi connectivity index (χ0) is 25.0. The molecule has 0 radical (unpaired) electrons. The minimum absolute atomic E-state index is 0.0303. The van der Waals surface area contributed by atoms with Crippen LogP contribution in [0, 0.1) is 12.7 Å². The molecule has 3 N–H and O–H groups in total. The number of likely N-dealkylation sites (N-methyl/N-ethyl adjacent to an activating group) is 1. The first-order chi connectivity index (χ1) is 16.9. The van der Waals surface area contributed by atoms with Crippen LogP contribution in [0.25, 0.3) is 0 Å². The lowest BCUT2D eigenvalue weighted by atomic mass is 10.2. The number of methoxy groups -OCH3 is 1. The summed E-state index contributed by atoms with van der Waals surface area (Å²) in [5, 5.41) is 9.18. The minimum atomic E-state index is -0.552. The molecule has 0 aliphatic carbocycles. The lowest BCUT2D eigenvalue weighted by molar-refractivity contribution is -0.113. The number of hydrogen-bond donors (Lipinski definition) is 3. The molecule has 2 aromatic carbocycles. The zero-order valence-electron chi connectivity index (χ0n) is 20.2. The third kappa shape index (κ3) is 8.80. The summed E-state index contributed by atoms with van der Waals surface area (Å²) in [5.41, 5.74) is 3.25. The van der Waals surface area contributed by atoms with E-state index in [4.69, 9.17) is 4.74 Å². The van der Waals surface area contributed by atoms with Gasteiger partial charge in [-0.3, -0.25) is 4.79 Å². The summed E-state index contributed by atoms with van der Waals surface area (Å²) >= 11 is 0. The quantitative estimate of drug-likeness (QED) is 0.309. The van der Waals surface area contributed by atoms with Crippen molar-refractivity contribution >= 4 is 34.6 Å². The molecule has 35 heavy (non-hydrogen) atoms. The number of anilines is 5. The number of hydrogen-bond acceptors (Lipinski definition) is 8. The fourth-order valence-corrected chi connectivity index (χ4v) is 3.16. The topological polar surface area (TPSA) is 91.4 Å². The molecular weight excluding hydrogens is 447 g/mol. The molecule has 3 rings (SSSR count). The predicted octanol–water partition coefficient (Wildman–Crippen LogP) is 4.53. The summed E-state index contributed by atoms with van der Waals surface area (Å²) in [5.74, 6) is -0.260. The molecular formula is C26H31FN6O2. The van der Waals surface area contributed by atoms with Gasteiger partial charge in [-0.05, 0) is 55.9 Å². The highest BCUT2D eigenvalue weighted by Crippen LogP contribution is 2.22. The van der Waals surface area contributed by atoms with Gasteiger partial charge in [-0.2, -0.15) is 4.98 Å². The van der Waals surface area contributed by atoms with Gasteiger partial charge in [0.25, 0.3) is 0 Å². The molecule has 1 heterocycles. The molecule has 0 amide bonds. The summed E-state index contributed by atoms with van der Waals surface area (Å²) in [6, 6.07) is 15.0. The lowest BCUT2D eigenvalue weighted by Crippen LogP contribution is -2.23. The summed E-state index contributed by atoms with van der Waals surface area (Å²) in [4.78, 5) is 22.5. The van der Waals surface area contributed by atoms with E-state index in [0.29, 0.717) is 18.8 Å². The zero-order valence-corrected chi connectivity index (χ0v) is 20.2. The van der Waals surface area contributed by atoms with Crippen LogP contribution in [0.4, 0.5) is 33.2 Å². The van der Waals surface area contributed by atoms with Crippen LogP contribution < -0.4 is 16.0 Å². The largest absolute Gasteiger partial charge is 0.383 e. The third-order valence-corrected chi connectivity index (χ3v) is 5.01. The molecule has 0 spiro atoms. The Morgan fingerprint density at radius 1 is 1.11 bits per heavy atom. The smallest absolute Gasteiger partial charge is 0.229 e. The lowest BCUT2D eigenvalue weighted by Gasteiger charge is -2.12. The number of ketones is 1. The maximum Gasteiger partial charge on any atom is 0.229 e. The van der Waals surface area contributed by atoms with Crippen molar-refractivity contribution in [3.63, 3.8) is 0 Å². The van der Waals surface area contributed by atoms with Crippen LogP contribution in [0.2, 0.25) is 0 Å². The van der Waals surface area contributed by atoms with Crippen LogP contribution >= 0.6 is 0 Å². The molecule has 0 saturated heterocycles. The summed E-state index contributed by atoms with van der Waals surface area (Å²) in [6.45, 7) is 4.25. The maximum atomic E-state index is 14.3. The number of rotatable bonds is 13. The van der Waals surface area contributed by atoms with E-state index in [1.807, 2.05) is 68.6 Å². The van der Waals surface area contributed by atoms with Gasteiger partial charge in [0.05, 0.1) is 19.3 Å². The second kappa shape index (κ2) is 13.2. The second-order valence-electron chi connectivity index (χ2n) is 8.07. The average Bonchev–Trinajstić information content (AvgIpc) is 2.84. The van der Waals surface area contributed by atoms with Gasteiger partial charge < -0.3 is 25.6 Å². The number of nitrogens with one attached hydrogen (secondary N) is 3. The number of aryl methyl sites for hydroxylation is 1. The molecule has 0 bridgehead atoms. The van der Waals surface area contributed by atoms with Gasteiger partial charge in [0.2, 0.25) is 5.95 Å². The van der Waals surface area contributed by atoms with Crippen molar-refractivity contribution in [3.05, 3.63) is 78.3 Å². The summed E-state index contributed by atoms with van der Waals surface area (Å²) in [6.07, 6.45) is 4.53. The van der Waals surface area contributed by atoms with Crippen LogP contribution in [0.1, 0.15) is 5.56 Å². The van der Waals surface area contributed by atoms with Gasteiger partial charge >= 0.3 is 0 Å². The Morgan fingerprint density at radius 2 is 1.86 bits per heavy atom. The van der Waals surface area contributed by atoms with Crippen LogP contribution in [0.3, 0.4) is 0 Å². The third-order valence-electron chi connectivity index (χ3n) is 5.01. The minimum Gasteiger partial charge on any atom is -0.383 e. The number of nitrogens with zero attached hydrogens (tertiary/aromatic N) is 3. The number of carbonyl (C=O) groups is 1. The van der Waals surface area contributed by atoms with Crippen molar-refractivity contribution in [2.45, 2.75) is 6.92 Å². The first-order valence-corrected chi connectivity index (χ1v) is 11.3. The highest BCUT2D eigenvalue weighted by atomic mass is 19.1. The first-order valence-electron chi connectivity index (χ1n) is 11.3. The Balaban J connectivity index is 1.56. The Kier molecular flexibility index (Phi) is 9.70. The molecule has 0 atom stereocenters. The SMILES string of the molecule is COCCN(C)C/C=C/C(=O)CNc1cccc(Nc2ncc(F)c(Nc3cccc(C)c3)n2)c1. The van der Waals surface area contributed by atoms with Gasteiger partial charge in [0.1, 0.15) is 0 Å². The maximum absolute atomic E-state index is 14.3. The van der Waals surface area contributed by atoms with Crippen LogP contribution in [0.15, 0.2) is 66.9 Å². The second-order valence-corrected chi connectivity index (χ2v) is 8.07. The van der Waals surface area contributed by atoms with Crippen molar-refractivity contribution in [1.29, 1.82) is 0 Å². The monoisotopic (exact) mass is 478 g/mol. The van der Waals surface area contributed by atoms with Gasteiger partial charge in [-0.1, -0.05) is 24.3 Å². The number of ether oxygens (including phenoxy) is 1. The van der Waals surface area contributed by atoms with Gasteiger partial charge in [0, 0.05) is 37.3 Å². The highest BCUT2D eigenvalue weighted by molar-refractivity contribution is 5.93. The van der Waals surface area contributed by atoms with Crippen molar-refractivity contribution < 1.29 is 13.9 Å².